The smallest absolute Gasteiger partial charge is 0.268 e. The number of rotatable bonds is 3. The molecule has 0 radical (unpaired) electrons. The molecule has 0 amide bonds. The van der Waals surface area contributed by atoms with Crippen LogP contribution in [0, 0.1) is 0 Å². The Morgan fingerprint density at radius 2 is 2.09 bits per heavy atom. The van der Waals surface area contributed by atoms with Crippen LogP contribution in [0.2, 0.25) is 10.0 Å². The molecule has 3 rings (SSSR count). The van der Waals surface area contributed by atoms with Gasteiger partial charge >= 0.3 is 0 Å². The number of anilines is 1. The van der Waals surface area contributed by atoms with Gasteiger partial charge in [-0.3, -0.25) is 9.80 Å². The molecule has 2 aliphatic rings. The number of halogens is 4. The summed E-state index contributed by atoms with van der Waals surface area (Å²) in [7, 11) is 0. The Kier molecular flexibility index (Phi) is 5.02. The summed E-state index contributed by atoms with van der Waals surface area (Å²) in [4.78, 5) is 11.5. The maximum Gasteiger partial charge on any atom is 0.268 e. The Morgan fingerprint density at radius 1 is 1.30 bits per heavy atom. The van der Waals surface area contributed by atoms with E-state index in [0.717, 1.165) is 12.0 Å². The van der Waals surface area contributed by atoms with Crippen molar-refractivity contribution >= 4 is 63.0 Å². The highest BCUT2D eigenvalue weighted by molar-refractivity contribution is 6.82. The van der Waals surface area contributed by atoms with Gasteiger partial charge in [-0.15, -0.1) is 11.6 Å². The number of carbonyl (C=O) groups is 1. The normalized spacial score (nSPS) is 23.7. The maximum absolute atomic E-state index is 11.5. The third-order valence-electron chi connectivity index (χ3n) is 3.75. The number of allylic oxidation sites excluding steroid dienone is 2. The lowest BCUT2D eigenvalue weighted by atomic mass is 9.96. The molecule has 0 N–H and O–H groups in total. The molecule has 0 bridgehead atoms. The first-order chi connectivity index (χ1) is 11.0. The molecule has 1 aliphatic heterocycles. The molecule has 0 fully saturated rings. The quantitative estimate of drug-likeness (QED) is 0.526. The number of carbonyl (C=O) groups excluding carboxylic acids is 1. The van der Waals surface area contributed by atoms with Gasteiger partial charge in [0.25, 0.3) is 5.24 Å². The van der Waals surface area contributed by atoms with Crippen molar-refractivity contribution in [3.05, 3.63) is 52.0 Å². The van der Waals surface area contributed by atoms with Crippen LogP contribution in [0.5, 0.6) is 0 Å². The number of hydrogen-bond donors (Lipinski definition) is 0. The zero-order valence-electron chi connectivity index (χ0n) is 11.8. The predicted octanol–water partition coefficient (Wildman–Crippen LogP) is 5.19. The van der Waals surface area contributed by atoms with E-state index in [-0.39, 0.29) is 11.4 Å². The van der Waals surface area contributed by atoms with Crippen LogP contribution in [-0.2, 0) is 4.79 Å². The van der Waals surface area contributed by atoms with E-state index in [4.69, 9.17) is 46.4 Å². The number of hydrogen-bond acceptors (Lipinski definition) is 3. The van der Waals surface area contributed by atoms with Gasteiger partial charge in [0.1, 0.15) is 5.71 Å². The highest BCUT2D eigenvalue weighted by Gasteiger charge is 2.33. The zero-order chi connectivity index (χ0) is 16.6. The molecule has 0 saturated carbocycles. The van der Waals surface area contributed by atoms with Crippen molar-refractivity contribution in [2.24, 2.45) is 5.10 Å². The highest BCUT2D eigenvalue weighted by Crippen LogP contribution is 2.36. The van der Waals surface area contributed by atoms with Gasteiger partial charge in [0, 0.05) is 11.4 Å². The molecular formula is C16H12Cl4N2O. The molecule has 7 heteroatoms. The summed E-state index contributed by atoms with van der Waals surface area (Å²) in [6.45, 7) is 0. The van der Waals surface area contributed by atoms with Crippen LogP contribution in [0.15, 0.2) is 47.1 Å². The lowest BCUT2D eigenvalue weighted by molar-refractivity contribution is -0.106. The second-order valence-corrected chi connectivity index (χ2v) is 7.04. The van der Waals surface area contributed by atoms with E-state index in [1.54, 1.807) is 23.2 Å². The van der Waals surface area contributed by atoms with E-state index in [2.05, 4.69) is 11.2 Å². The maximum atomic E-state index is 11.5. The van der Waals surface area contributed by atoms with Crippen molar-refractivity contribution < 1.29 is 4.79 Å². The molecule has 0 aromatic heterocycles. The van der Waals surface area contributed by atoms with E-state index in [1.807, 2.05) is 12.2 Å². The van der Waals surface area contributed by atoms with Crippen molar-refractivity contribution in [3.8, 4) is 0 Å². The average molecular weight is 390 g/mol. The number of alkyl halides is 1. The predicted molar refractivity (Wildman–Crippen MR) is 97.1 cm³/mol. The number of benzene rings is 1. The molecule has 120 valence electrons. The minimum Gasteiger partial charge on any atom is -0.274 e. The molecular weight excluding hydrogens is 378 g/mol. The first kappa shape index (κ1) is 16.8. The van der Waals surface area contributed by atoms with Gasteiger partial charge in [-0.25, -0.2) is 0 Å². The SMILES string of the molecule is O=C(Cl)C1=NN(c2ccc(Cl)cc2Cl)C(C2=CCC(Cl)C=C2)C1. The van der Waals surface area contributed by atoms with Gasteiger partial charge in [-0.1, -0.05) is 41.4 Å². The van der Waals surface area contributed by atoms with Crippen LogP contribution in [0.4, 0.5) is 5.69 Å². The summed E-state index contributed by atoms with van der Waals surface area (Å²) >= 11 is 23.9. The molecule has 23 heavy (non-hydrogen) atoms. The third-order valence-corrected chi connectivity index (χ3v) is 4.83. The topological polar surface area (TPSA) is 32.7 Å². The van der Waals surface area contributed by atoms with E-state index in [0.29, 0.717) is 27.9 Å². The Balaban J connectivity index is 1.99. The summed E-state index contributed by atoms with van der Waals surface area (Å²) in [5.74, 6) is 0. The van der Waals surface area contributed by atoms with E-state index < -0.39 is 5.24 Å². The fourth-order valence-electron chi connectivity index (χ4n) is 2.64. The fourth-order valence-corrected chi connectivity index (χ4v) is 3.41. The van der Waals surface area contributed by atoms with Gasteiger partial charge in [-0.05, 0) is 41.8 Å². The minimum atomic E-state index is -0.557. The molecule has 2 unspecified atom stereocenters. The summed E-state index contributed by atoms with van der Waals surface area (Å²) in [5, 5.41) is 6.51. The van der Waals surface area contributed by atoms with Gasteiger partial charge in [-0.2, -0.15) is 5.10 Å². The summed E-state index contributed by atoms with van der Waals surface area (Å²) < 4.78 is 0. The van der Waals surface area contributed by atoms with Crippen LogP contribution in [0.25, 0.3) is 0 Å². The highest BCUT2D eigenvalue weighted by atomic mass is 35.5. The van der Waals surface area contributed by atoms with Crippen molar-refractivity contribution in [1.82, 2.24) is 0 Å². The molecule has 2 atom stereocenters. The molecule has 0 saturated heterocycles. The molecule has 3 nitrogen and oxygen atoms in total. The first-order valence-corrected chi connectivity index (χ1v) is 8.56. The Labute approximate surface area is 154 Å². The van der Waals surface area contributed by atoms with Crippen LogP contribution >= 0.6 is 46.4 Å². The summed E-state index contributed by atoms with van der Waals surface area (Å²) in [6, 6.07) is 5.01. The fraction of sp³-hybridized carbons (Fsp3) is 0.250. The van der Waals surface area contributed by atoms with Crippen molar-refractivity contribution in [2.75, 3.05) is 5.01 Å². The van der Waals surface area contributed by atoms with Gasteiger partial charge in [0.05, 0.1) is 22.1 Å². The van der Waals surface area contributed by atoms with Gasteiger partial charge in [0.15, 0.2) is 0 Å². The molecule has 1 heterocycles. The average Bonchev–Trinajstić information content (AvgIpc) is 2.93. The van der Waals surface area contributed by atoms with E-state index in [1.165, 1.54) is 0 Å². The molecule has 1 aromatic carbocycles. The largest absolute Gasteiger partial charge is 0.274 e. The van der Waals surface area contributed by atoms with Crippen LogP contribution in [0.3, 0.4) is 0 Å². The number of hydrazone groups is 1. The standard InChI is InChI=1S/C16H12Cl4N2O/c17-10-3-1-9(2-4-10)15-8-13(16(20)23)21-22(15)14-6-5-11(18)7-12(14)19/h1-3,5-7,10,15H,4,8H2. The minimum absolute atomic E-state index is 0.0113. The van der Waals surface area contributed by atoms with Crippen molar-refractivity contribution in [1.29, 1.82) is 0 Å². The van der Waals surface area contributed by atoms with Crippen molar-refractivity contribution in [2.45, 2.75) is 24.3 Å². The lowest BCUT2D eigenvalue weighted by Crippen LogP contribution is -2.29. The van der Waals surface area contributed by atoms with Crippen LogP contribution < -0.4 is 5.01 Å². The Hall–Kier alpha value is -1.00. The van der Waals surface area contributed by atoms with E-state index >= 15 is 0 Å². The Bertz CT molecular complexity index is 742. The van der Waals surface area contributed by atoms with E-state index in [9.17, 15) is 4.79 Å². The second kappa shape index (κ2) is 6.86. The monoisotopic (exact) mass is 388 g/mol. The molecule has 0 spiro atoms. The first-order valence-electron chi connectivity index (χ1n) is 6.99. The summed E-state index contributed by atoms with van der Waals surface area (Å²) in [6.07, 6.45) is 7.09. The van der Waals surface area contributed by atoms with Crippen LogP contribution in [0.1, 0.15) is 12.8 Å². The lowest BCUT2D eigenvalue weighted by Gasteiger charge is -2.27. The third kappa shape index (κ3) is 3.58. The van der Waals surface area contributed by atoms with Crippen molar-refractivity contribution in [3.63, 3.8) is 0 Å². The van der Waals surface area contributed by atoms with Gasteiger partial charge in [0.2, 0.25) is 0 Å². The molecule has 1 aliphatic carbocycles. The second-order valence-electron chi connectivity index (χ2n) is 5.30. The zero-order valence-corrected chi connectivity index (χ0v) is 14.9. The number of nitrogens with zero attached hydrogens (tertiary/aromatic N) is 2. The molecule has 1 aromatic rings. The van der Waals surface area contributed by atoms with Crippen LogP contribution in [-0.4, -0.2) is 22.4 Å². The summed E-state index contributed by atoms with van der Waals surface area (Å²) in [5.41, 5.74) is 2.02. The van der Waals surface area contributed by atoms with Gasteiger partial charge < -0.3 is 0 Å². The Morgan fingerprint density at radius 3 is 2.70 bits per heavy atom.